The second-order valence-corrected chi connectivity index (χ2v) is 8.81. The minimum atomic E-state index is -0.641. The number of hydrogen-bond donors (Lipinski definition) is 2. The van der Waals surface area contributed by atoms with Crippen LogP contribution in [0.1, 0.15) is 38.5 Å². The second-order valence-electron chi connectivity index (χ2n) is 7.96. The molecule has 2 N–H and O–H groups in total. The Morgan fingerprint density at radius 3 is 2.35 bits per heavy atom. The molecule has 26 heavy (non-hydrogen) atoms. The molecule has 1 aromatic heterocycles. The molecule has 4 aliphatic rings. The number of nitrogens with zero attached hydrogens (tertiary/aromatic N) is 3. The molecule has 0 spiro atoms. The number of nitro groups is 1. The summed E-state index contributed by atoms with van der Waals surface area (Å²) in [5.41, 5.74) is -0.174. The van der Waals surface area contributed by atoms with Gasteiger partial charge in [-0.3, -0.25) is 10.1 Å². The Balaban J connectivity index is 1.34. The van der Waals surface area contributed by atoms with Gasteiger partial charge in [0.05, 0.1) is 11.3 Å². The van der Waals surface area contributed by atoms with Gasteiger partial charge < -0.3 is 15.4 Å². The van der Waals surface area contributed by atoms with E-state index in [0.29, 0.717) is 17.8 Å². The number of carbonyl (C=O) groups is 2. The number of halogens is 1. The van der Waals surface area contributed by atoms with Gasteiger partial charge in [0.15, 0.2) is 0 Å². The number of amides is 3. The van der Waals surface area contributed by atoms with Crippen LogP contribution in [0, 0.1) is 27.9 Å². The van der Waals surface area contributed by atoms with Crippen LogP contribution in [0.25, 0.3) is 0 Å². The Hall–Kier alpha value is -1.97. The van der Waals surface area contributed by atoms with Crippen molar-refractivity contribution in [2.75, 3.05) is 0 Å². The van der Waals surface area contributed by atoms with E-state index in [0.717, 1.165) is 23.9 Å². The van der Waals surface area contributed by atoms with E-state index >= 15 is 0 Å². The Morgan fingerprint density at radius 2 is 1.85 bits per heavy atom. The minimum absolute atomic E-state index is 0.174. The number of aromatic nitrogens is 2. The van der Waals surface area contributed by atoms with Gasteiger partial charge in [0.1, 0.15) is 11.0 Å². The summed E-state index contributed by atoms with van der Waals surface area (Å²) in [6.45, 7) is -0.263. The molecule has 0 atom stereocenters. The van der Waals surface area contributed by atoms with Gasteiger partial charge in [-0.15, -0.1) is 0 Å². The van der Waals surface area contributed by atoms with Crippen LogP contribution in [0.3, 0.4) is 0 Å². The summed E-state index contributed by atoms with van der Waals surface area (Å²) in [6, 6.07) is -0.488. The van der Waals surface area contributed by atoms with Crippen LogP contribution in [-0.4, -0.2) is 32.2 Å². The van der Waals surface area contributed by atoms with Gasteiger partial charge in [-0.1, -0.05) is 0 Å². The van der Waals surface area contributed by atoms with Crippen molar-refractivity contribution in [2.24, 2.45) is 17.8 Å². The summed E-state index contributed by atoms with van der Waals surface area (Å²) in [4.78, 5) is 34.5. The quantitative estimate of drug-likeness (QED) is 0.566. The normalized spacial score (nSPS) is 31.7. The van der Waals surface area contributed by atoms with E-state index in [2.05, 4.69) is 31.7 Å². The lowest BCUT2D eigenvalue weighted by molar-refractivity contribution is -0.390. The zero-order valence-corrected chi connectivity index (χ0v) is 15.7. The van der Waals surface area contributed by atoms with Gasteiger partial charge in [0.2, 0.25) is 0 Å². The average Bonchev–Trinajstić information content (AvgIpc) is 2.85. The molecule has 4 fully saturated rings. The van der Waals surface area contributed by atoms with Crippen molar-refractivity contribution in [3.8, 4) is 0 Å². The number of imide groups is 1. The van der Waals surface area contributed by atoms with Crippen LogP contribution in [0.2, 0.25) is 0 Å². The Labute approximate surface area is 158 Å². The third kappa shape index (κ3) is 3.34. The van der Waals surface area contributed by atoms with Gasteiger partial charge in [0.25, 0.3) is 5.91 Å². The van der Waals surface area contributed by atoms with E-state index in [1.807, 2.05) is 0 Å². The molecular weight excluding hydrogens is 406 g/mol. The molecule has 140 valence electrons. The van der Waals surface area contributed by atoms with E-state index in [9.17, 15) is 19.7 Å². The van der Waals surface area contributed by atoms with E-state index < -0.39 is 16.9 Å². The van der Waals surface area contributed by atoms with Gasteiger partial charge in [0, 0.05) is 5.54 Å². The standard InChI is InChI=1S/C16H20BrN5O4/c17-12-7-21(20-14(12)22(25)26)8-13(23)18-15(24)19-16-4-9-1-10(5-16)3-11(2-9)6-16/h7,9-11H,1-6,8H2,(H2,18,19,23,24). The molecule has 4 aliphatic carbocycles. The van der Waals surface area contributed by atoms with E-state index in [1.165, 1.54) is 25.5 Å². The summed E-state index contributed by atoms with van der Waals surface area (Å²) in [5, 5.41) is 19.9. The molecule has 0 aromatic carbocycles. The van der Waals surface area contributed by atoms with Crippen molar-refractivity contribution >= 4 is 33.7 Å². The first-order valence-electron chi connectivity index (χ1n) is 8.81. The Morgan fingerprint density at radius 1 is 1.27 bits per heavy atom. The summed E-state index contributed by atoms with van der Waals surface area (Å²) in [7, 11) is 0. The van der Waals surface area contributed by atoms with Gasteiger partial charge in [-0.25, -0.2) is 4.79 Å². The van der Waals surface area contributed by atoms with Crippen LogP contribution < -0.4 is 10.6 Å². The Bertz CT molecular complexity index is 741. The molecule has 4 bridgehead atoms. The van der Waals surface area contributed by atoms with Crippen molar-refractivity contribution in [2.45, 2.75) is 50.6 Å². The maximum atomic E-state index is 12.3. The van der Waals surface area contributed by atoms with Gasteiger partial charge in [-0.05, 0) is 77.1 Å². The number of nitrogens with one attached hydrogen (secondary N) is 2. The first-order chi connectivity index (χ1) is 12.3. The average molecular weight is 426 g/mol. The Kier molecular flexibility index (Phi) is 4.25. The highest BCUT2D eigenvalue weighted by Gasteiger charge is 2.51. The van der Waals surface area contributed by atoms with Crippen molar-refractivity contribution in [1.82, 2.24) is 20.4 Å². The summed E-state index contributed by atoms with van der Waals surface area (Å²) in [5.74, 6) is 1.16. The lowest BCUT2D eigenvalue weighted by atomic mass is 9.53. The SMILES string of the molecule is O=C(Cn1cc(Br)c([N+](=O)[O-])n1)NC(=O)NC12CC3CC(CC(C3)C1)C2. The predicted octanol–water partition coefficient (Wildman–Crippen LogP) is 2.35. The van der Waals surface area contributed by atoms with Crippen LogP contribution in [-0.2, 0) is 11.3 Å². The molecule has 3 amide bonds. The van der Waals surface area contributed by atoms with Crippen LogP contribution >= 0.6 is 15.9 Å². The lowest BCUT2D eigenvalue weighted by Gasteiger charge is -2.56. The molecule has 1 aromatic rings. The molecule has 0 radical (unpaired) electrons. The lowest BCUT2D eigenvalue weighted by Crippen LogP contribution is -2.62. The predicted molar refractivity (Wildman–Crippen MR) is 94.2 cm³/mol. The highest BCUT2D eigenvalue weighted by Crippen LogP contribution is 2.55. The summed E-state index contributed by atoms with van der Waals surface area (Å²) < 4.78 is 1.32. The maximum absolute atomic E-state index is 12.3. The maximum Gasteiger partial charge on any atom is 0.404 e. The van der Waals surface area contributed by atoms with Crippen LogP contribution in [0.15, 0.2) is 10.7 Å². The largest absolute Gasteiger partial charge is 0.404 e. The molecule has 1 heterocycles. The van der Waals surface area contributed by atoms with Crippen LogP contribution in [0.5, 0.6) is 0 Å². The monoisotopic (exact) mass is 425 g/mol. The van der Waals surface area contributed by atoms with Gasteiger partial charge in [-0.2, -0.15) is 4.68 Å². The van der Waals surface area contributed by atoms with Crippen molar-refractivity contribution < 1.29 is 14.5 Å². The molecule has 5 rings (SSSR count). The van der Waals surface area contributed by atoms with Crippen molar-refractivity contribution in [3.05, 3.63) is 20.8 Å². The summed E-state index contributed by atoms with van der Waals surface area (Å²) in [6.07, 6.45) is 8.16. The molecule has 0 aliphatic heterocycles. The minimum Gasteiger partial charge on any atom is -0.358 e. The molecule has 10 heteroatoms. The third-order valence-electron chi connectivity index (χ3n) is 5.85. The van der Waals surface area contributed by atoms with Crippen molar-refractivity contribution in [1.29, 1.82) is 0 Å². The number of carbonyl (C=O) groups excluding carboxylic acids is 2. The van der Waals surface area contributed by atoms with E-state index in [-0.39, 0.29) is 22.4 Å². The topological polar surface area (TPSA) is 119 Å². The van der Waals surface area contributed by atoms with Gasteiger partial charge >= 0.3 is 11.8 Å². The van der Waals surface area contributed by atoms with Crippen molar-refractivity contribution in [3.63, 3.8) is 0 Å². The first kappa shape index (κ1) is 17.4. The summed E-state index contributed by atoms with van der Waals surface area (Å²) >= 11 is 3.03. The third-order valence-corrected chi connectivity index (χ3v) is 6.41. The zero-order valence-electron chi connectivity index (χ0n) is 14.1. The number of rotatable bonds is 4. The molecule has 0 saturated heterocycles. The molecule has 4 saturated carbocycles. The fraction of sp³-hybridized carbons (Fsp3) is 0.688. The zero-order chi connectivity index (χ0) is 18.5. The smallest absolute Gasteiger partial charge is 0.358 e. The highest BCUT2D eigenvalue weighted by molar-refractivity contribution is 9.10. The fourth-order valence-electron chi connectivity index (χ4n) is 5.44. The molecule has 0 unspecified atom stereocenters. The molecular formula is C16H20BrN5O4. The van der Waals surface area contributed by atoms with E-state index in [4.69, 9.17) is 0 Å². The number of hydrogen-bond acceptors (Lipinski definition) is 5. The van der Waals surface area contributed by atoms with Crippen LogP contribution in [0.4, 0.5) is 10.6 Å². The van der Waals surface area contributed by atoms with E-state index in [1.54, 1.807) is 0 Å². The second kappa shape index (κ2) is 6.33. The molecule has 9 nitrogen and oxygen atoms in total. The number of urea groups is 1. The fourth-order valence-corrected chi connectivity index (χ4v) is 5.90. The highest BCUT2D eigenvalue weighted by atomic mass is 79.9. The first-order valence-corrected chi connectivity index (χ1v) is 9.60.